The van der Waals surface area contributed by atoms with Crippen molar-refractivity contribution >= 4 is 17.1 Å². The average Bonchev–Trinajstić information content (AvgIpc) is 2.82. The molecule has 0 saturated carbocycles. The van der Waals surface area contributed by atoms with Crippen LogP contribution in [0.5, 0.6) is 0 Å². The first-order valence-electron chi connectivity index (χ1n) is 10.4. The summed E-state index contributed by atoms with van der Waals surface area (Å²) in [6.45, 7) is 1.54. The number of nitriles is 2. The predicted molar refractivity (Wildman–Crippen MR) is 118 cm³/mol. The molecule has 1 aromatic heterocycles. The van der Waals surface area contributed by atoms with E-state index in [0.717, 1.165) is 43.4 Å². The van der Waals surface area contributed by atoms with Crippen LogP contribution in [-0.2, 0) is 6.42 Å². The van der Waals surface area contributed by atoms with Crippen molar-refractivity contribution in [3.8, 4) is 12.1 Å². The third kappa shape index (κ3) is 4.68. The van der Waals surface area contributed by atoms with E-state index in [1.54, 1.807) is 30.5 Å². The number of benzene rings is 2. The van der Waals surface area contributed by atoms with Gasteiger partial charge in [-0.25, -0.2) is 13.8 Å². The number of halogens is 2. The van der Waals surface area contributed by atoms with Gasteiger partial charge in [0, 0.05) is 25.4 Å². The van der Waals surface area contributed by atoms with E-state index in [1.807, 2.05) is 6.07 Å². The maximum absolute atomic E-state index is 14.0. The van der Waals surface area contributed by atoms with Crippen molar-refractivity contribution in [2.75, 3.05) is 23.3 Å². The van der Waals surface area contributed by atoms with Crippen molar-refractivity contribution in [1.82, 2.24) is 4.98 Å². The number of rotatable bonds is 5. The van der Waals surface area contributed by atoms with Gasteiger partial charge in [0.2, 0.25) is 0 Å². The molecule has 0 atom stereocenters. The molecule has 160 valence electrons. The number of pyridine rings is 1. The molecule has 1 fully saturated rings. The van der Waals surface area contributed by atoms with Crippen LogP contribution in [-0.4, -0.2) is 18.1 Å². The van der Waals surface area contributed by atoms with Gasteiger partial charge in [-0.15, -0.1) is 0 Å². The van der Waals surface area contributed by atoms with E-state index in [2.05, 4.69) is 27.3 Å². The minimum absolute atomic E-state index is 0.279. The van der Waals surface area contributed by atoms with Crippen LogP contribution in [0.1, 0.15) is 29.7 Å². The van der Waals surface area contributed by atoms with Crippen LogP contribution >= 0.6 is 0 Å². The molecule has 32 heavy (non-hydrogen) atoms. The molecule has 5 nitrogen and oxygen atoms in total. The molecule has 1 saturated heterocycles. The molecule has 1 aliphatic rings. The van der Waals surface area contributed by atoms with Crippen molar-refractivity contribution in [2.45, 2.75) is 19.3 Å². The summed E-state index contributed by atoms with van der Waals surface area (Å²) in [4.78, 5) is 6.31. The second-order valence-electron chi connectivity index (χ2n) is 7.85. The Morgan fingerprint density at radius 1 is 1.00 bits per heavy atom. The van der Waals surface area contributed by atoms with Crippen LogP contribution < -0.4 is 10.2 Å². The number of anilines is 3. The van der Waals surface area contributed by atoms with Crippen molar-refractivity contribution in [3.63, 3.8) is 0 Å². The van der Waals surface area contributed by atoms with Gasteiger partial charge in [0.05, 0.1) is 28.7 Å². The van der Waals surface area contributed by atoms with Gasteiger partial charge >= 0.3 is 0 Å². The molecule has 0 bridgehead atoms. The first-order valence-corrected chi connectivity index (χ1v) is 10.4. The molecular weight excluding hydrogens is 408 g/mol. The first-order chi connectivity index (χ1) is 15.6. The van der Waals surface area contributed by atoms with Gasteiger partial charge in [-0.2, -0.15) is 10.5 Å². The maximum atomic E-state index is 14.0. The fraction of sp³-hybridized carbons (Fsp3) is 0.240. The molecule has 3 aromatic rings. The van der Waals surface area contributed by atoms with E-state index in [9.17, 15) is 19.3 Å². The highest BCUT2D eigenvalue weighted by molar-refractivity contribution is 5.78. The molecular formula is C25H21F2N5. The molecule has 0 aliphatic carbocycles. The Hall–Kier alpha value is -3.97. The number of hydrogen-bond donors (Lipinski definition) is 1. The van der Waals surface area contributed by atoms with Gasteiger partial charge in [-0.3, -0.25) is 0 Å². The minimum atomic E-state index is -0.560. The zero-order valence-electron chi connectivity index (χ0n) is 17.4. The Bertz CT molecular complexity index is 1200. The zero-order valence-corrected chi connectivity index (χ0v) is 17.4. The topological polar surface area (TPSA) is 75.7 Å². The molecule has 0 radical (unpaired) electrons. The fourth-order valence-corrected chi connectivity index (χ4v) is 4.10. The van der Waals surface area contributed by atoms with Crippen LogP contribution in [0.4, 0.5) is 25.8 Å². The number of nitrogens with one attached hydrogen (secondary N) is 1. The quantitative estimate of drug-likeness (QED) is 0.595. The fourth-order valence-electron chi connectivity index (χ4n) is 4.10. The SMILES string of the molecule is N#Cc1ccc(N2CCC(Cc3ccc(F)cc3F)CC2)c(Nc2cccnc2C#N)c1. The summed E-state index contributed by atoms with van der Waals surface area (Å²) in [6.07, 6.45) is 3.88. The lowest BCUT2D eigenvalue weighted by Crippen LogP contribution is -2.34. The summed E-state index contributed by atoms with van der Waals surface area (Å²) in [5.74, 6) is -0.740. The van der Waals surface area contributed by atoms with Gasteiger partial charge in [-0.1, -0.05) is 6.07 Å². The first kappa shape index (κ1) is 21.3. The number of nitrogens with zero attached hydrogens (tertiary/aromatic N) is 4. The van der Waals surface area contributed by atoms with E-state index in [4.69, 9.17) is 0 Å². The summed E-state index contributed by atoms with van der Waals surface area (Å²) < 4.78 is 27.2. The summed E-state index contributed by atoms with van der Waals surface area (Å²) in [5, 5.41) is 21.9. The Labute approximate surface area is 185 Å². The van der Waals surface area contributed by atoms with Gasteiger partial charge in [0.15, 0.2) is 5.69 Å². The van der Waals surface area contributed by atoms with Crippen LogP contribution in [0, 0.1) is 40.2 Å². The van der Waals surface area contributed by atoms with Gasteiger partial charge < -0.3 is 10.2 Å². The normalized spacial score (nSPS) is 13.9. The second kappa shape index (κ2) is 9.45. The van der Waals surface area contributed by atoms with Gasteiger partial charge in [-0.05, 0) is 67.1 Å². The summed E-state index contributed by atoms with van der Waals surface area (Å²) in [5.41, 5.74) is 3.58. The largest absolute Gasteiger partial charge is 0.370 e. The Kier molecular flexibility index (Phi) is 6.28. The predicted octanol–water partition coefficient (Wildman–Crippen LogP) is 5.31. The molecule has 0 spiro atoms. The van der Waals surface area contributed by atoms with Crippen LogP contribution in [0.3, 0.4) is 0 Å². The zero-order chi connectivity index (χ0) is 22.5. The van der Waals surface area contributed by atoms with E-state index in [1.165, 1.54) is 12.1 Å². The third-order valence-electron chi connectivity index (χ3n) is 5.79. The standard InChI is InChI=1S/C25H21F2N5/c26-20-5-4-19(21(27)14-20)12-17-7-10-32(11-8-17)25-6-3-18(15-28)13-23(25)31-22-2-1-9-30-24(22)16-29/h1-6,9,13-14,17,31H,7-8,10-12H2. The highest BCUT2D eigenvalue weighted by Gasteiger charge is 2.23. The second-order valence-corrected chi connectivity index (χ2v) is 7.85. The lowest BCUT2D eigenvalue weighted by molar-refractivity contribution is 0.397. The van der Waals surface area contributed by atoms with Crippen LogP contribution in [0.15, 0.2) is 54.7 Å². The molecule has 7 heteroatoms. The van der Waals surface area contributed by atoms with E-state index < -0.39 is 11.6 Å². The molecule has 0 unspecified atom stereocenters. The van der Waals surface area contributed by atoms with Gasteiger partial charge in [0.25, 0.3) is 0 Å². The van der Waals surface area contributed by atoms with Crippen molar-refractivity contribution in [1.29, 1.82) is 10.5 Å². The third-order valence-corrected chi connectivity index (χ3v) is 5.79. The number of piperidine rings is 1. The lowest BCUT2D eigenvalue weighted by Gasteiger charge is -2.35. The highest BCUT2D eigenvalue weighted by Crippen LogP contribution is 2.34. The van der Waals surface area contributed by atoms with Crippen molar-refractivity contribution in [2.24, 2.45) is 5.92 Å². The number of hydrogen-bond acceptors (Lipinski definition) is 5. The highest BCUT2D eigenvalue weighted by atomic mass is 19.1. The monoisotopic (exact) mass is 429 g/mol. The summed E-state index contributed by atoms with van der Waals surface area (Å²) in [6, 6.07) is 17.0. The van der Waals surface area contributed by atoms with Gasteiger partial charge in [0.1, 0.15) is 17.7 Å². The smallest absolute Gasteiger partial charge is 0.163 e. The molecule has 2 heterocycles. The van der Waals surface area contributed by atoms with E-state index in [0.29, 0.717) is 29.2 Å². The van der Waals surface area contributed by atoms with Crippen molar-refractivity contribution in [3.05, 3.63) is 83.2 Å². The maximum Gasteiger partial charge on any atom is 0.163 e. The Balaban J connectivity index is 1.51. The van der Waals surface area contributed by atoms with Crippen LogP contribution in [0.25, 0.3) is 0 Å². The van der Waals surface area contributed by atoms with E-state index in [-0.39, 0.29) is 5.69 Å². The van der Waals surface area contributed by atoms with E-state index >= 15 is 0 Å². The molecule has 1 aliphatic heterocycles. The molecule has 1 N–H and O–H groups in total. The minimum Gasteiger partial charge on any atom is -0.370 e. The van der Waals surface area contributed by atoms with Crippen LogP contribution in [0.2, 0.25) is 0 Å². The molecule has 0 amide bonds. The summed E-state index contributed by atoms with van der Waals surface area (Å²) >= 11 is 0. The number of aromatic nitrogens is 1. The molecule has 2 aromatic carbocycles. The average molecular weight is 429 g/mol. The Morgan fingerprint density at radius 2 is 1.81 bits per heavy atom. The lowest BCUT2D eigenvalue weighted by atomic mass is 9.89. The Morgan fingerprint density at radius 3 is 2.53 bits per heavy atom. The summed E-state index contributed by atoms with van der Waals surface area (Å²) in [7, 11) is 0. The van der Waals surface area contributed by atoms with Crippen molar-refractivity contribution < 1.29 is 8.78 Å². The molecule has 4 rings (SSSR count).